The molecule has 1 aromatic rings. The van der Waals surface area contributed by atoms with E-state index in [1.807, 2.05) is 19.1 Å². The van der Waals surface area contributed by atoms with E-state index in [1.165, 1.54) is 0 Å². The van der Waals surface area contributed by atoms with Gasteiger partial charge < -0.3 is 0 Å². The van der Waals surface area contributed by atoms with Crippen molar-refractivity contribution in [3.63, 3.8) is 0 Å². The number of isothiocyanates is 1. The Labute approximate surface area is 103 Å². The Bertz CT molecular complexity index is 451. The minimum absolute atomic E-state index is 0.587. The summed E-state index contributed by atoms with van der Waals surface area (Å²) < 4.78 is 11.7. The molecule has 0 aromatic carbocycles. The second kappa shape index (κ2) is 7.17. The average molecular weight is 252 g/mol. The minimum atomic E-state index is -1.13. The molecular weight excluding hydrogens is 240 g/mol. The maximum absolute atomic E-state index is 11.7. The van der Waals surface area contributed by atoms with Crippen molar-refractivity contribution in [2.24, 2.45) is 4.99 Å². The summed E-state index contributed by atoms with van der Waals surface area (Å²) in [4.78, 5) is 8.47. The Morgan fingerprint density at radius 3 is 3.12 bits per heavy atom. The first kappa shape index (κ1) is 12.9. The predicted molar refractivity (Wildman–Crippen MR) is 69.0 cm³/mol. The maximum Gasteiger partial charge on any atom is 0.0788 e. The van der Waals surface area contributed by atoms with Crippen molar-refractivity contribution >= 4 is 28.2 Å². The molecule has 0 fully saturated rings. The van der Waals surface area contributed by atoms with Crippen LogP contribution in [-0.4, -0.2) is 20.9 Å². The highest BCUT2D eigenvalue weighted by Gasteiger charge is 1.99. The van der Waals surface area contributed by atoms with E-state index in [-0.39, 0.29) is 0 Å². The molecule has 0 N–H and O–H groups in total. The summed E-state index contributed by atoms with van der Waals surface area (Å²) in [6, 6.07) is 1.86. The number of aliphatic imine (C=N–C) groups is 1. The van der Waals surface area contributed by atoms with Crippen LogP contribution >= 0.6 is 12.2 Å². The molecule has 1 heterocycles. The van der Waals surface area contributed by atoms with E-state index in [1.54, 1.807) is 17.8 Å². The van der Waals surface area contributed by atoms with Gasteiger partial charge in [-0.05, 0) is 37.2 Å². The van der Waals surface area contributed by atoms with Crippen molar-refractivity contribution < 1.29 is 4.21 Å². The Kier molecular flexibility index (Phi) is 5.78. The van der Waals surface area contributed by atoms with Crippen molar-refractivity contribution in [1.29, 1.82) is 0 Å². The molecule has 84 valence electrons. The van der Waals surface area contributed by atoms with E-state index in [4.69, 9.17) is 0 Å². The van der Waals surface area contributed by atoms with Gasteiger partial charge in [-0.15, -0.1) is 0 Å². The van der Waals surface area contributed by atoms with Gasteiger partial charge in [0.05, 0.1) is 27.4 Å². The smallest absolute Gasteiger partial charge is 0.0788 e. The monoisotopic (exact) mass is 252 g/mol. The predicted octanol–water partition coefficient (Wildman–Crippen LogP) is 2.50. The quantitative estimate of drug-likeness (QED) is 0.459. The molecule has 16 heavy (non-hydrogen) atoms. The molecule has 0 aliphatic heterocycles. The Morgan fingerprint density at radius 2 is 2.44 bits per heavy atom. The molecule has 0 spiro atoms. The molecule has 1 unspecified atom stereocenters. The summed E-state index contributed by atoms with van der Waals surface area (Å²) in [5.74, 6) is 0. The zero-order valence-electron chi connectivity index (χ0n) is 8.92. The normalized spacial score (nSPS) is 12.3. The number of pyridine rings is 1. The van der Waals surface area contributed by atoms with Crippen molar-refractivity contribution in [2.45, 2.75) is 18.2 Å². The lowest BCUT2D eigenvalue weighted by atomic mass is 10.3. The van der Waals surface area contributed by atoms with Crippen LogP contribution in [0.25, 0.3) is 0 Å². The molecule has 0 saturated heterocycles. The van der Waals surface area contributed by atoms with Gasteiger partial charge in [0, 0.05) is 17.8 Å². The lowest BCUT2D eigenvalue weighted by Gasteiger charge is -1.97. The minimum Gasteiger partial charge on any atom is -0.263 e. The van der Waals surface area contributed by atoms with E-state index in [0.717, 1.165) is 10.5 Å². The van der Waals surface area contributed by atoms with Crippen LogP contribution in [-0.2, 0) is 10.8 Å². The largest absolute Gasteiger partial charge is 0.263 e. The number of aromatic nitrogens is 1. The van der Waals surface area contributed by atoms with Crippen LogP contribution < -0.4 is 0 Å². The second-order valence-electron chi connectivity index (χ2n) is 3.13. The number of nitrogens with zero attached hydrogens (tertiary/aromatic N) is 2. The lowest BCUT2D eigenvalue weighted by molar-refractivity contribution is 0.688. The molecule has 1 rings (SSSR count). The summed E-state index contributed by atoms with van der Waals surface area (Å²) in [7, 11) is -1.13. The van der Waals surface area contributed by atoms with Gasteiger partial charge in [0.2, 0.25) is 0 Å². The molecule has 0 radical (unpaired) electrons. The summed E-state index contributed by atoms with van der Waals surface area (Å²) in [6.45, 7) is 2.51. The first-order valence-electron chi connectivity index (χ1n) is 4.76. The van der Waals surface area contributed by atoms with Crippen LogP contribution in [0.15, 0.2) is 39.8 Å². The number of hydrogen-bond donors (Lipinski definition) is 0. The Hall–Kier alpha value is -1.16. The Morgan fingerprint density at radius 1 is 1.62 bits per heavy atom. The van der Waals surface area contributed by atoms with Gasteiger partial charge in [0.1, 0.15) is 0 Å². The topological polar surface area (TPSA) is 42.3 Å². The third kappa shape index (κ3) is 4.57. The van der Waals surface area contributed by atoms with Crippen molar-refractivity contribution in [3.8, 4) is 0 Å². The molecule has 1 atom stereocenters. The fourth-order valence-corrected chi connectivity index (χ4v) is 2.08. The van der Waals surface area contributed by atoms with Gasteiger partial charge in [-0.2, -0.15) is 0 Å². The van der Waals surface area contributed by atoms with Gasteiger partial charge in [-0.3, -0.25) is 4.98 Å². The molecular formula is C11H12N2OS2. The molecule has 0 bridgehead atoms. The molecule has 1 aromatic heterocycles. The third-order valence-corrected chi connectivity index (χ3v) is 3.03. The molecule has 3 nitrogen and oxygen atoms in total. The van der Waals surface area contributed by atoms with E-state index in [9.17, 15) is 4.21 Å². The standard InChI is InChI=1S/C11H12N2OS2/c1-10-6-11(8-13-7-10)16(14)5-3-2-4-12-9-15/h3,5-8H,2,4H2,1H3/b5-3+. The number of rotatable bonds is 5. The van der Waals surface area contributed by atoms with Gasteiger partial charge >= 0.3 is 0 Å². The fraction of sp³-hybridized carbons (Fsp3) is 0.273. The van der Waals surface area contributed by atoms with Crippen LogP contribution in [0.5, 0.6) is 0 Å². The van der Waals surface area contributed by atoms with Gasteiger partial charge in [0.25, 0.3) is 0 Å². The highest BCUT2D eigenvalue weighted by Crippen LogP contribution is 2.08. The Balaban J connectivity index is 2.55. The van der Waals surface area contributed by atoms with Crippen LogP contribution in [0.4, 0.5) is 0 Å². The van der Waals surface area contributed by atoms with Crippen LogP contribution in [0.2, 0.25) is 0 Å². The zero-order chi connectivity index (χ0) is 11.8. The number of thiocarbonyl (C=S) groups is 1. The summed E-state index contributed by atoms with van der Waals surface area (Å²) in [5.41, 5.74) is 1.00. The zero-order valence-corrected chi connectivity index (χ0v) is 10.6. The van der Waals surface area contributed by atoms with E-state index < -0.39 is 10.8 Å². The van der Waals surface area contributed by atoms with E-state index in [2.05, 4.69) is 27.4 Å². The van der Waals surface area contributed by atoms with Crippen LogP contribution in [0.1, 0.15) is 12.0 Å². The van der Waals surface area contributed by atoms with Gasteiger partial charge in [0.15, 0.2) is 0 Å². The number of hydrogen-bond acceptors (Lipinski definition) is 4. The van der Waals surface area contributed by atoms with Gasteiger partial charge in [-0.1, -0.05) is 6.08 Å². The van der Waals surface area contributed by atoms with E-state index in [0.29, 0.717) is 13.0 Å². The highest BCUT2D eigenvalue weighted by atomic mass is 32.2. The first-order chi connectivity index (χ1) is 7.74. The third-order valence-electron chi connectivity index (χ3n) is 1.77. The maximum atomic E-state index is 11.7. The molecule has 0 aliphatic rings. The number of aryl methyl sites for hydroxylation is 1. The average Bonchev–Trinajstić information content (AvgIpc) is 2.28. The fourth-order valence-electron chi connectivity index (χ4n) is 1.06. The van der Waals surface area contributed by atoms with Crippen LogP contribution in [0, 0.1) is 6.92 Å². The lowest BCUT2D eigenvalue weighted by Crippen LogP contribution is -1.89. The summed E-state index contributed by atoms with van der Waals surface area (Å²) >= 11 is 4.44. The van der Waals surface area contributed by atoms with Crippen LogP contribution in [0.3, 0.4) is 0 Å². The molecule has 5 heteroatoms. The summed E-state index contributed by atoms with van der Waals surface area (Å²) in [5, 5.41) is 3.93. The van der Waals surface area contributed by atoms with Crippen molar-refractivity contribution in [2.75, 3.05) is 6.54 Å². The summed E-state index contributed by atoms with van der Waals surface area (Å²) in [6.07, 6.45) is 5.89. The first-order valence-corrected chi connectivity index (χ1v) is 6.38. The molecule has 0 amide bonds. The highest BCUT2D eigenvalue weighted by molar-refractivity contribution is 7.88. The van der Waals surface area contributed by atoms with Gasteiger partial charge in [-0.25, -0.2) is 9.20 Å². The second-order valence-corrected chi connectivity index (χ2v) is 4.65. The SMILES string of the molecule is Cc1cncc(S(=O)/C=C/CCN=C=S)c1. The van der Waals surface area contributed by atoms with E-state index >= 15 is 0 Å². The molecule has 0 saturated carbocycles. The molecule has 0 aliphatic carbocycles. The van der Waals surface area contributed by atoms with Crippen molar-refractivity contribution in [3.05, 3.63) is 35.5 Å². The van der Waals surface area contributed by atoms with Crippen molar-refractivity contribution in [1.82, 2.24) is 4.98 Å².